The highest BCUT2D eigenvalue weighted by Gasteiger charge is 2.26. The number of morpholine rings is 1. The zero-order valence-electron chi connectivity index (χ0n) is 17.4. The number of anilines is 1. The highest BCUT2D eigenvalue weighted by atomic mass is 16.5. The predicted molar refractivity (Wildman–Crippen MR) is 112 cm³/mol. The molecule has 2 heterocycles. The van der Waals surface area contributed by atoms with Gasteiger partial charge in [0.25, 0.3) is 0 Å². The van der Waals surface area contributed by atoms with Gasteiger partial charge in [-0.15, -0.1) is 10.2 Å². The molecule has 2 aromatic carbocycles. The van der Waals surface area contributed by atoms with Gasteiger partial charge in [-0.05, 0) is 42.0 Å². The molecule has 1 unspecified atom stereocenters. The molecular formula is C22H26N4O4. The second-order valence-corrected chi connectivity index (χ2v) is 7.02. The zero-order valence-corrected chi connectivity index (χ0v) is 17.4. The summed E-state index contributed by atoms with van der Waals surface area (Å²) in [5.74, 6) is 3.93. The van der Waals surface area contributed by atoms with Crippen LogP contribution in [0.15, 0.2) is 48.5 Å². The van der Waals surface area contributed by atoms with Gasteiger partial charge in [0.15, 0.2) is 5.82 Å². The van der Waals surface area contributed by atoms with Crippen molar-refractivity contribution in [2.45, 2.75) is 12.7 Å². The van der Waals surface area contributed by atoms with Gasteiger partial charge in [0.1, 0.15) is 30.0 Å². The largest absolute Gasteiger partial charge is 0.497 e. The molecule has 0 saturated carbocycles. The van der Waals surface area contributed by atoms with Crippen LogP contribution in [0.4, 0.5) is 5.95 Å². The minimum Gasteiger partial charge on any atom is -0.497 e. The van der Waals surface area contributed by atoms with Gasteiger partial charge in [0, 0.05) is 13.6 Å². The number of aromatic nitrogens is 3. The summed E-state index contributed by atoms with van der Waals surface area (Å²) in [7, 11) is 5.27. The zero-order chi connectivity index (χ0) is 20.9. The van der Waals surface area contributed by atoms with E-state index in [1.54, 1.807) is 14.2 Å². The monoisotopic (exact) mass is 410 g/mol. The Morgan fingerprint density at radius 1 is 1.00 bits per heavy atom. The molecule has 1 saturated heterocycles. The molecule has 158 valence electrons. The molecule has 1 aromatic heterocycles. The van der Waals surface area contributed by atoms with Crippen molar-refractivity contribution in [3.63, 3.8) is 0 Å². The van der Waals surface area contributed by atoms with E-state index in [1.807, 2.05) is 54.1 Å². The van der Waals surface area contributed by atoms with Gasteiger partial charge < -0.3 is 23.8 Å². The van der Waals surface area contributed by atoms with Crippen LogP contribution in [0.3, 0.4) is 0 Å². The number of hydrogen-bond acceptors (Lipinski definition) is 7. The molecule has 0 N–H and O–H groups in total. The Bertz CT molecular complexity index is 974. The number of ether oxygens (including phenoxy) is 4. The van der Waals surface area contributed by atoms with Crippen molar-refractivity contribution < 1.29 is 18.9 Å². The first-order valence-electron chi connectivity index (χ1n) is 9.83. The fourth-order valence-electron chi connectivity index (χ4n) is 3.45. The summed E-state index contributed by atoms with van der Waals surface area (Å²) in [6, 6.07) is 15.5. The van der Waals surface area contributed by atoms with Gasteiger partial charge in [0.2, 0.25) is 5.95 Å². The maximum absolute atomic E-state index is 6.00. The Kier molecular flexibility index (Phi) is 6.04. The first kappa shape index (κ1) is 20.0. The molecule has 1 fully saturated rings. The fraction of sp³-hybridized carbons (Fsp3) is 0.364. The summed E-state index contributed by atoms with van der Waals surface area (Å²) in [6.45, 7) is 2.40. The summed E-state index contributed by atoms with van der Waals surface area (Å²) in [5.41, 5.74) is 1.09. The third-order valence-corrected chi connectivity index (χ3v) is 5.18. The van der Waals surface area contributed by atoms with E-state index in [1.165, 1.54) is 0 Å². The van der Waals surface area contributed by atoms with Gasteiger partial charge in [0.05, 0.1) is 27.4 Å². The first-order valence-corrected chi connectivity index (χ1v) is 9.83. The van der Waals surface area contributed by atoms with Crippen molar-refractivity contribution in [1.82, 2.24) is 14.8 Å². The molecule has 0 amide bonds. The standard InChI is InChI=1S/C22H26N4O4/c1-25-21(15-30-18-9-7-17(27-2)8-10-18)23-24-22(25)26-11-12-29-20(14-26)16-5-4-6-19(13-16)28-3/h4-10,13,20H,11-12,14-15H2,1-3H3. The molecule has 1 atom stereocenters. The third kappa shape index (κ3) is 4.33. The Morgan fingerprint density at radius 2 is 1.77 bits per heavy atom. The van der Waals surface area contributed by atoms with E-state index >= 15 is 0 Å². The molecule has 4 rings (SSSR count). The van der Waals surface area contributed by atoms with E-state index in [4.69, 9.17) is 18.9 Å². The summed E-state index contributed by atoms with van der Waals surface area (Å²) >= 11 is 0. The molecule has 3 aromatic rings. The molecule has 8 heteroatoms. The lowest BCUT2D eigenvalue weighted by Gasteiger charge is -2.33. The predicted octanol–water partition coefficient (Wildman–Crippen LogP) is 2.99. The molecule has 30 heavy (non-hydrogen) atoms. The topological polar surface area (TPSA) is 70.9 Å². The van der Waals surface area contributed by atoms with E-state index in [-0.39, 0.29) is 6.10 Å². The highest BCUT2D eigenvalue weighted by Crippen LogP contribution is 2.27. The van der Waals surface area contributed by atoms with E-state index in [9.17, 15) is 0 Å². The number of hydrogen-bond donors (Lipinski definition) is 0. The molecule has 8 nitrogen and oxygen atoms in total. The minimum absolute atomic E-state index is 0.0513. The van der Waals surface area contributed by atoms with Crippen LogP contribution in [0.1, 0.15) is 17.5 Å². The van der Waals surface area contributed by atoms with Crippen LogP contribution >= 0.6 is 0 Å². The van der Waals surface area contributed by atoms with Gasteiger partial charge in [-0.25, -0.2) is 0 Å². The lowest BCUT2D eigenvalue weighted by Crippen LogP contribution is -2.39. The molecule has 1 aliphatic heterocycles. The lowest BCUT2D eigenvalue weighted by molar-refractivity contribution is 0.0389. The number of rotatable bonds is 7. The van der Waals surface area contributed by atoms with Gasteiger partial charge in [-0.2, -0.15) is 0 Å². The molecular weight excluding hydrogens is 384 g/mol. The van der Waals surface area contributed by atoms with E-state index in [2.05, 4.69) is 21.2 Å². The van der Waals surface area contributed by atoms with Crippen LogP contribution in [-0.2, 0) is 18.4 Å². The van der Waals surface area contributed by atoms with Crippen molar-refractivity contribution in [3.05, 3.63) is 59.9 Å². The smallest absolute Gasteiger partial charge is 0.227 e. The summed E-state index contributed by atoms with van der Waals surface area (Å²) in [6.07, 6.45) is -0.0513. The van der Waals surface area contributed by atoms with E-state index in [0.29, 0.717) is 19.8 Å². The molecule has 1 aliphatic rings. The summed E-state index contributed by atoms with van der Waals surface area (Å²) in [4.78, 5) is 2.19. The maximum Gasteiger partial charge on any atom is 0.227 e. The molecule has 0 spiro atoms. The lowest BCUT2D eigenvalue weighted by atomic mass is 10.1. The van der Waals surface area contributed by atoms with Crippen LogP contribution in [0.25, 0.3) is 0 Å². The van der Waals surface area contributed by atoms with Gasteiger partial charge in [-0.3, -0.25) is 4.57 Å². The third-order valence-electron chi connectivity index (χ3n) is 5.18. The molecule has 0 radical (unpaired) electrons. The fourth-order valence-corrected chi connectivity index (χ4v) is 3.45. The first-order chi connectivity index (χ1) is 14.7. The van der Waals surface area contributed by atoms with Crippen molar-refractivity contribution >= 4 is 5.95 Å². The SMILES string of the molecule is COc1ccc(OCc2nnc(N3CCOC(c4cccc(OC)c4)C3)n2C)cc1. The van der Waals surface area contributed by atoms with Crippen molar-refractivity contribution in [2.75, 3.05) is 38.8 Å². The van der Waals surface area contributed by atoms with Crippen LogP contribution in [0, 0.1) is 0 Å². The average molecular weight is 410 g/mol. The number of methoxy groups -OCH3 is 2. The Balaban J connectivity index is 1.43. The van der Waals surface area contributed by atoms with Gasteiger partial charge >= 0.3 is 0 Å². The summed E-state index contributed by atoms with van der Waals surface area (Å²) < 4.78 is 24.3. The van der Waals surface area contributed by atoms with Crippen LogP contribution in [0.5, 0.6) is 17.2 Å². The highest BCUT2D eigenvalue weighted by molar-refractivity contribution is 5.36. The average Bonchev–Trinajstić information content (AvgIpc) is 3.18. The normalized spacial score (nSPS) is 16.4. The minimum atomic E-state index is -0.0513. The Hall–Kier alpha value is -3.26. The second kappa shape index (κ2) is 9.04. The van der Waals surface area contributed by atoms with Crippen molar-refractivity contribution in [1.29, 1.82) is 0 Å². The van der Waals surface area contributed by atoms with Crippen molar-refractivity contribution in [2.24, 2.45) is 7.05 Å². The summed E-state index contributed by atoms with van der Waals surface area (Å²) in [5, 5.41) is 8.73. The van der Waals surface area contributed by atoms with E-state index < -0.39 is 0 Å². The maximum atomic E-state index is 6.00. The van der Waals surface area contributed by atoms with E-state index in [0.717, 1.165) is 41.1 Å². The molecule has 0 aliphatic carbocycles. The van der Waals surface area contributed by atoms with Gasteiger partial charge in [-0.1, -0.05) is 12.1 Å². The van der Waals surface area contributed by atoms with Crippen molar-refractivity contribution in [3.8, 4) is 17.2 Å². The number of benzene rings is 2. The van der Waals surface area contributed by atoms with Crippen LogP contribution < -0.4 is 19.1 Å². The Labute approximate surface area is 176 Å². The molecule has 0 bridgehead atoms. The number of nitrogens with zero attached hydrogens (tertiary/aromatic N) is 4. The van der Waals surface area contributed by atoms with Crippen LogP contribution in [-0.4, -0.2) is 48.7 Å². The second-order valence-electron chi connectivity index (χ2n) is 7.02. The quantitative estimate of drug-likeness (QED) is 0.593. The Morgan fingerprint density at radius 3 is 2.53 bits per heavy atom. The van der Waals surface area contributed by atoms with Crippen LogP contribution in [0.2, 0.25) is 0 Å².